The van der Waals surface area contributed by atoms with Crippen molar-refractivity contribution in [1.82, 2.24) is 9.47 Å². The van der Waals surface area contributed by atoms with E-state index in [1.54, 1.807) is 4.90 Å². The Balaban J connectivity index is 1.87. The van der Waals surface area contributed by atoms with Crippen molar-refractivity contribution in [3.8, 4) is 0 Å². The van der Waals surface area contributed by atoms with E-state index < -0.39 is 11.4 Å². The van der Waals surface area contributed by atoms with Gasteiger partial charge < -0.3 is 19.3 Å². The molecule has 6 heteroatoms. The molecule has 1 aliphatic heterocycles. The molecule has 28 heavy (non-hydrogen) atoms. The number of aliphatic carboxylic acids is 1. The Morgan fingerprint density at radius 2 is 1.93 bits per heavy atom. The lowest BCUT2D eigenvalue weighted by Crippen LogP contribution is -2.40. The van der Waals surface area contributed by atoms with Gasteiger partial charge in [0, 0.05) is 31.6 Å². The van der Waals surface area contributed by atoms with Crippen LogP contribution in [0.2, 0.25) is 0 Å². The number of aromatic nitrogens is 1. The topological polar surface area (TPSA) is 71.8 Å². The van der Waals surface area contributed by atoms with Crippen molar-refractivity contribution in [3.63, 3.8) is 0 Å². The quantitative estimate of drug-likeness (QED) is 0.830. The summed E-state index contributed by atoms with van der Waals surface area (Å²) >= 11 is 0. The minimum atomic E-state index is -1.02. The van der Waals surface area contributed by atoms with E-state index >= 15 is 0 Å². The first kappa shape index (κ1) is 20.1. The van der Waals surface area contributed by atoms with Gasteiger partial charge in [0.2, 0.25) is 0 Å². The molecule has 2 atom stereocenters. The van der Waals surface area contributed by atoms with Gasteiger partial charge >= 0.3 is 5.97 Å². The van der Waals surface area contributed by atoms with E-state index in [-0.39, 0.29) is 25.1 Å². The highest BCUT2D eigenvalue weighted by Gasteiger charge is 2.46. The van der Waals surface area contributed by atoms with Gasteiger partial charge in [0.05, 0.1) is 18.2 Å². The smallest absolute Gasteiger partial charge is 0.313 e. The highest BCUT2D eigenvalue weighted by molar-refractivity contribution is 5.96. The third-order valence-electron chi connectivity index (χ3n) is 5.90. The number of benzene rings is 1. The molecule has 1 aliphatic rings. The molecule has 0 saturated carbocycles. The van der Waals surface area contributed by atoms with Crippen LogP contribution in [0.4, 0.5) is 0 Å². The third-order valence-corrected chi connectivity index (χ3v) is 5.90. The van der Waals surface area contributed by atoms with Gasteiger partial charge in [-0.3, -0.25) is 9.59 Å². The normalized spacial score (nSPS) is 20.4. The van der Waals surface area contributed by atoms with Crippen molar-refractivity contribution >= 4 is 11.9 Å². The van der Waals surface area contributed by atoms with E-state index in [4.69, 9.17) is 4.74 Å². The van der Waals surface area contributed by atoms with Crippen molar-refractivity contribution in [3.05, 3.63) is 58.9 Å². The summed E-state index contributed by atoms with van der Waals surface area (Å²) in [7, 11) is 1.49. The molecule has 3 rings (SSSR count). The lowest BCUT2D eigenvalue weighted by Gasteiger charge is -2.24. The predicted molar refractivity (Wildman–Crippen MR) is 107 cm³/mol. The molecule has 0 aliphatic carbocycles. The second-order valence-corrected chi connectivity index (χ2v) is 7.74. The van der Waals surface area contributed by atoms with Crippen molar-refractivity contribution < 1.29 is 19.4 Å². The number of methoxy groups -OCH3 is 1. The second kappa shape index (κ2) is 7.80. The molecule has 1 aromatic heterocycles. The molecule has 2 heterocycles. The molecule has 1 aromatic carbocycles. The number of aryl methyl sites for hydroxylation is 1. The summed E-state index contributed by atoms with van der Waals surface area (Å²) < 4.78 is 7.29. The standard InChI is InChI=1S/C22H28N2O4/c1-15-12-19(17(3)24(15)16(2)18-8-6-5-7-9-18)20(25)23-11-10-22(13-23,14-28-4)21(26)27/h5-9,12,16H,10-11,13-14H2,1-4H3,(H,26,27). The van der Waals surface area contributed by atoms with Crippen LogP contribution in [0.5, 0.6) is 0 Å². The third kappa shape index (κ3) is 3.44. The van der Waals surface area contributed by atoms with Crippen LogP contribution in [-0.4, -0.2) is 53.3 Å². The summed E-state index contributed by atoms with van der Waals surface area (Å²) in [5.41, 5.74) is 2.71. The van der Waals surface area contributed by atoms with Crippen molar-refractivity contribution in [2.45, 2.75) is 33.2 Å². The summed E-state index contributed by atoms with van der Waals surface area (Å²) in [6.45, 7) is 6.78. The summed E-state index contributed by atoms with van der Waals surface area (Å²) in [6, 6.07) is 12.2. The average molecular weight is 384 g/mol. The Kier molecular flexibility index (Phi) is 5.61. The molecule has 1 saturated heterocycles. The number of carboxylic acids is 1. The zero-order valence-corrected chi connectivity index (χ0v) is 16.9. The number of likely N-dealkylation sites (tertiary alicyclic amines) is 1. The lowest BCUT2D eigenvalue weighted by molar-refractivity contribution is -0.151. The highest BCUT2D eigenvalue weighted by Crippen LogP contribution is 2.33. The Morgan fingerprint density at radius 3 is 2.54 bits per heavy atom. The number of rotatable bonds is 6. The van der Waals surface area contributed by atoms with Gasteiger partial charge in [-0.2, -0.15) is 0 Å². The molecule has 0 radical (unpaired) electrons. The minimum Gasteiger partial charge on any atom is -0.481 e. The summed E-state index contributed by atoms with van der Waals surface area (Å²) in [5.74, 6) is -1.02. The van der Waals surface area contributed by atoms with Gasteiger partial charge in [-0.05, 0) is 38.8 Å². The van der Waals surface area contributed by atoms with Crippen LogP contribution in [0.3, 0.4) is 0 Å². The largest absolute Gasteiger partial charge is 0.481 e. The number of carboxylic acid groups (broad SMARTS) is 1. The molecule has 2 aromatic rings. The lowest BCUT2D eigenvalue weighted by atomic mass is 9.88. The van der Waals surface area contributed by atoms with E-state index in [1.165, 1.54) is 12.7 Å². The van der Waals surface area contributed by atoms with E-state index in [0.29, 0.717) is 18.5 Å². The van der Waals surface area contributed by atoms with Crippen LogP contribution in [0, 0.1) is 19.3 Å². The van der Waals surface area contributed by atoms with Crippen LogP contribution in [-0.2, 0) is 9.53 Å². The molecule has 1 amide bonds. The maximum atomic E-state index is 13.2. The Hall–Kier alpha value is -2.60. The number of carbonyl (C=O) groups is 2. The molecule has 1 N–H and O–H groups in total. The molecule has 1 fully saturated rings. The SMILES string of the molecule is COCC1(C(=O)O)CCN(C(=O)c2cc(C)n(C(C)c3ccccc3)c2C)C1. The minimum absolute atomic E-state index is 0.105. The number of nitrogens with zero attached hydrogens (tertiary/aromatic N) is 2. The first-order valence-electron chi connectivity index (χ1n) is 9.55. The first-order valence-corrected chi connectivity index (χ1v) is 9.55. The van der Waals surface area contributed by atoms with Crippen LogP contribution in [0.25, 0.3) is 0 Å². The van der Waals surface area contributed by atoms with Crippen molar-refractivity contribution in [2.24, 2.45) is 5.41 Å². The van der Waals surface area contributed by atoms with E-state index in [0.717, 1.165) is 11.4 Å². The number of hydrogen-bond donors (Lipinski definition) is 1. The van der Waals surface area contributed by atoms with Gasteiger partial charge in [-0.15, -0.1) is 0 Å². The van der Waals surface area contributed by atoms with E-state index in [9.17, 15) is 14.7 Å². The molecule has 6 nitrogen and oxygen atoms in total. The fraction of sp³-hybridized carbons (Fsp3) is 0.455. The van der Waals surface area contributed by atoms with Crippen LogP contribution in [0.15, 0.2) is 36.4 Å². The zero-order chi connectivity index (χ0) is 20.5. The average Bonchev–Trinajstić information content (AvgIpc) is 3.24. The van der Waals surface area contributed by atoms with Gasteiger partial charge in [0.1, 0.15) is 5.41 Å². The molecule has 0 bridgehead atoms. The molecule has 2 unspecified atom stereocenters. The fourth-order valence-corrected chi connectivity index (χ4v) is 4.32. The number of carbonyl (C=O) groups excluding carboxylic acids is 1. The number of ether oxygens (including phenoxy) is 1. The van der Waals surface area contributed by atoms with Crippen LogP contribution < -0.4 is 0 Å². The summed E-state index contributed by atoms with van der Waals surface area (Å²) in [5, 5.41) is 9.64. The first-order chi connectivity index (χ1) is 13.3. The monoisotopic (exact) mass is 384 g/mol. The predicted octanol–water partition coefficient (Wildman–Crippen LogP) is 3.28. The maximum Gasteiger partial charge on any atom is 0.313 e. The van der Waals surface area contributed by atoms with E-state index in [1.807, 2.05) is 38.1 Å². The maximum absolute atomic E-state index is 13.2. The van der Waals surface area contributed by atoms with Crippen molar-refractivity contribution in [2.75, 3.05) is 26.8 Å². The Bertz CT molecular complexity index is 874. The van der Waals surface area contributed by atoms with Gasteiger partial charge in [-0.1, -0.05) is 30.3 Å². The summed E-state index contributed by atoms with van der Waals surface area (Å²) in [4.78, 5) is 26.6. The van der Waals surface area contributed by atoms with Crippen LogP contribution >= 0.6 is 0 Å². The molecule has 0 spiro atoms. The summed E-state index contributed by atoms with van der Waals surface area (Å²) in [6.07, 6.45) is 0.404. The van der Waals surface area contributed by atoms with Gasteiger partial charge in [0.25, 0.3) is 5.91 Å². The molecular weight excluding hydrogens is 356 g/mol. The zero-order valence-electron chi connectivity index (χ0n) is 16.9. The van der Waals surface area contributed by atoms with E-state index in [2.05, 4.69) is 23.6 Å². The number of hydrogen-bond acceptors (Lipinski definition) is 3. The van der Waals surface area contributed by atoms with Crippen LogP contribution in [0.1, 0.15) is 46.7 Å². The van der Waals surface area contributed by atoms with Crippen molar-refractivity contribution in [1.29, 1.82) is 0 Å². The molecular formula is C22H28N2O4. The number of amides is 1. The Labute approximate surface area is 165 Å². The fourth-order valence-electron chi connectivity index (χ4n) is 4.32. The van der Waals surface area contributed by atoms with Gasteiger partial charge in [0.15, 0.2) is 0 Å². The Morgan fingerprint density at radius 1 is 1.25 bits per heavy atom. The second-order valence-electron chi connectivity index (χ2n) is 7.74. The molecule has 150 valence electrons. The highest BCUT2D eigenvalue weighted by atomic mass is 16.5. The van der Waals surface area contributed by atoms with Gasteiger partial charge in [-0.25, -0.2) is 0 Å².